The van der Waals surface area contributed by atoms with E-state index >= 15 is 0 Å². The lowest BCUT2D eigenvalue weighted by Gasteiger charge is -1.91. The Bertz CT molecular complexity index is 186. The summed E-state index contributed by atoms with van der Waals surface area (Å²) in [6, 6.07) is 0. The fraction of sp³-hybridized carbons (Fsp3) is 0.750. The van der Waals surface area contributed by atoms with E-state index in [4.69, 9.17) is 14.4 Å². The summed E-state index contributed by atoms with van der Waals surface area (Å²) in [5.74, 6) is 0. The fourth-order valence-electron chi connectivity index (χ4n) is 1.43. The largest absolute Gasteiger partial charge is 0.692 e. The molecule has 4 heteroatoms. The summed E-state index contributed by atoms with van der Waals surface area (Å²) in [5.41, 5.74) is 0. The van der Waals surface area contributed by atoms with Gasteiger partial charge in [0.05, 0.1) is 0 Å². The van der Waals surface area contributed by atoms with E-state index in [9.17, 15) is 0 Å². The third-order valence-electron chi connectivity index (χ3n) is 2.52. The average molecular weight is 305 g/mol. The molecule has 0 saturated heterocycles. The first kappa shape index (κ1) is 24.5. The molecule has 0 heterocycles. The molecular formula is C16H34O3P+. The van der Waals surface area contributed by atoms with Crippen molar-refractivity contribution in [1.82, 2.24) is 0 Å². The Balaban J connectivity index is -0.000000230. The van der Waals surface area contributed by atoms with E-state index in [-0.39, 0.29) is 0 Å². The molecule has 0 atom stereocenters. The third kappa shape index (κ3) is 52.8. The Labute approximate surface area is 126 Å². The minimum atomic E-state index is -2.87. The molecule has 0 spiro atoms. The average Bonchev–Trinajstić information content (AvgIpc) is 2.40. The molecule has 0 aromatic rings. The van der Waals surface area contributed by atoms with Crippen molar-refractivity contribution in [2.75, 3.05) is 0 Å². The van der Waals surface area contributed by atoms with Gasteiger partial charge in [0.1, 0.15) is 0 Å². The van der Waals surface area contributed by atoms with Crippen molar-refractivity contribution in [3.05, 3.63) is 25.3 Å². The lowest BCUT2D eigenvalue weighted by Crippen LogP contribution is -1.71. The molecule has 20 heavy (non-hydrogen) atoms. The molecular weight excluding hydrogens is 271 g/mol. The van der Waals surface area contributed by atoms with Crippen LogP contribution in [-0.2, 0) is 4.57 Å². The Kier molecular flexibility index (Phi) is 33.0. The van der Waals surface area contributed by atoms with Crippen molar-refractivity contribution in [3.63, 3.8) is 0 Å². The van der Waals surface area contributed by atoms with E-state index < -0.39 is 8.25 Å². The molecule has 0 aromatic carbocycles. The van der Waals surface area contributed by atoms with Gasteiger partial charge in [-0.3, -0.25) is 0 Å². The van der Waals surface area contributed by atoms with Gasteiger partial charge in [-0.15, -0.1) is 22.9 Å². The van der Waals surface area contributed by atoms with E-state index in [1.165, 1.54) is 64.2 Å². The van der Waals surface area contributed by atoms with Crippen LogP contribution in [0, 0.1) is 0 Å². The number of unbranched alkanes of at least 4 members (excludes halogenated alkanes) is 8. The van der Waals surface area contributed by atoms with Crippen molar-refractivity contribution in [1.29, 1.82) is 0 Å². The highest BCUT2D eigenvalue weighted by Gasteiger charge is 1.93. The summed E-state index contributed by atoms with van der Waals surface area (Å²) in [6.45, 7) is 11.8. The number of rotatable bonds is 10. The summed E-state index contributed by atoms with van der Waals surface area (Å²) in [7, 11) is -2.87. The Morgan fingerprint density at radius 2 is 1.10 bits per heavy atom. The second-order valence-electron chi connectivity index (χ2n) is 4.53. The van der Waals surface area contributed by atoms with Crippen molar-refractivity contribution >= 4 is 8.25 Å². The van der Waals surface area contributed by atoms with Gasteiger partial charge in [-0.05, 0) is 25.7 Å². The summed E-state index contributed by atoms with van der Waals surface area (Å²) < 4.78 is 8.70. The molecule has 0 aromatic heterocycles. The highest BCUT2D eigenvalue weighted by Crippen LogP contribution is 2.02. The van der Waals surface area contributed by atoms with Crippen molar-refractivity contribution in [3.8, 4) is 0 Å². The topological polar surface area (TPSA) is 57.5 Å². The van der Waals surface area contributed by atoms with Crippen LogP contribution in [0.5, 0.6) is 0 Å². The summed E-state index contributed by atoms with van der Waals surface area (Å²) in [4.78, 5) is 14.2. The van der Waals surface area contributed by atoms with E-state index in [0.29, 0.717) is 0 Å². The van der Waals surface area contributed by atoms with E-state index in [1.54, 1.807) is 0 Å². The monoisotopic (exact) mass is 305 g/mol. The first-order valence-corrected chi connectivity index (χ1v) is 8.79. The third-order valence-corrected chi connectivity index (χ3v) is 2.52. The number of hydrogen-bond donors (Lipinski definition) is 2. The normalized spacial score (nSPS) is 8.60. The molecule has 0 saturated carbocycles. The van der Waals surface area contributed by atoms with Crippen LogP contribution in [0.2, 0.25) is 0 Å². The molecule has 0 aliphatic heterocycles. The Morgan fingerprint density at radius 1 is 0.800 bits per heavy atom. The van der Waals surface area contributed by atoms with Crippen LogP contribution < -0.4 is 0 Å². The van der Waals surface area contributed by atoms with Gasteiger partial charge in [0.15, 0.2) is 0 Å². The molecule has 0 unspecified atom stereocenters. The Morgan fingerprint density at radius 3 is 1.30 bits per heavy atom. The van der Waals surface area contributed by atoms with E-state index in [1.807, 2.05) is 12.2 Å². The highest BCUT2D eigenvalue weighted by molar-refractivity contribution is 7.30. The van der Waals surface area contributed by atoms with Gasteiger partial charge < -0.3 is 0 Å². The maximum absolute atomic E-state index is 8.70. The smallest absolute Gasteiger partial charge is 0.134 e. The van der Waals surface area contributed by atoms with Crippen LogP contribution in [-0.4, -0.2) is 9.79 Å². The van der Waals surface area contributed by atoms with Crippen molar-refractivity contribution in [2.45, 2.75) is 78.1 Å². The molecule has 0 amide bonds. The lowest BCUT2D eigenvalue weighted by molar-refractivity contribution is 0.405. The molecule has 120 valence electrons. The van der Waals surface area contributed by atoms with E-state index in [0.717, 1.165) is 0 Å². The van der Waals surface area contributed by atoms with Gasteiger partial charge in [-0.1, -0.05) is 64.5 Å². The fourth-order valence-corrected chi connectivity index (χ4v) is 1.43. The van der Waals surface area contributed by atoms with Gasteiger partial charge in [-0.2, -0.15) is 0 Å². The summed E-state index contributed by atoms with van der Waals surface area (Å²) >= 11 is 0. The lowest BCUT2D eigenvalue weighted by atomic mass is 10.2. The van der Waals surface area contributed by atoms with Gasteiger partial charge in [-0.25, -0.2) is 0 Å². The zero-order valence-electron chi connectivity index (χ0n) is 13.4. The molecule has 0 aliphatic rings. The van der Waals surface area contributed by atoms with Crippen LogP contribution in [0.1, 0.15) is 78.1 Å². The van der Waals surface area contributed by atoms with Crippen molar-refractivity contribution in [2.24, 2.45) is 0 Å². The summed E-state index contributed by atoms with van der Waals surface area (Å²) in [5, 5.41) is 0. The van der Waals surface area contributed by atoms with E-state index in [2.05, 4.69) is 27.0 Å². The quantitative estimate of drug-likeness (QED) is 0.299. The maximum Gasteiger partial charge on any atom is 0.692 e. The number of hydrogen-bond acceptors (Lipinski definition) is 1. The minimum absolute atomic E-state index is 1.19. The van der Waals surface area contributed by atoms with Crippen LogP contribution in [0.25, 0.3) is 0 Å². The first-order valence-electron chi connectivity index (χ1n) is 7.63. The first-order chi connectivity index (χ1) is 9.56. The van der Waals surface area contributed by atoms with Crippen LogP contribution in [0.4, 0.5) is 0 Å². The van der Waals surface area contributed by atoms with Gasteiger partial charge in [0.25, 0.3) is 0 Å². The molecule has 0 fully saturated rings. The van der Waals surface area contributed by atoms with Gasteiger partial charge >= 0.3 is 8.25 Å². The van der Waals surface area contributed by atoms with Crippen molar-refractivity contribution < 1.29 is 14.4 Å². The van der Waals surface area contributed by atoms with Crippen LogP contribution in [0.3, 0.4) is 0 Å². The second-order valence-corrected chi connectivity index (χ2v) is 5.03. The SMILES string of the molecule is C=CCCCCCC.C=CCCCCCC.O=[P+](O)O. The zero-order valence-corrected chi connectivity index (χ0v) is 14.3. The van der Waals surface area contributed by atoms with Gasteiger partial charge in [0.2, 0.25) is 0 Å². The highest BCUT2D eigenvalue weighted by atomic mass is 31.1. The molecule has 0 bridgehead atoms. The molecule has 0 radical (unpaired) electrons. The van der Waals surface area contributed by atoms with Crippen LogP contribution >= 0.6 is 8.25 Å². The molecule has 0 rings (SSSR count). The molecule has 3 nitrogen and oxygen atoms in total. The van der Waals surface area contributed by atoms with Crippen LogP contribution in [0.15, 0.2) is 25.3 Å². The number of allylic oxidation sites excluding steroid dienone is 2. The molecule has 0 aliphatic carbocycles. The van der Waals surface area contributed by atoms with Gasteiger partial charge in [0, 0.05) is 4.57 Å². The second kappa shape index (κ2) is 26.9. The Hall–Kier alpha value is -0.500. The molecule has 2 N–H and O–H groups in total. The zero-order chi connectivity index (χ0) is 16.1. The predicted octanol–water partition coefficient (Wildman–Crippen LogP) is 5.91. The minimum Gasteiger partial charge on any atom is -0.134 e. The summed E-state index contributed by atoms with van der Waals surface area (Å²) in [6.07, 6.45) is 17.2. The predicted molar refractivity (Wildman–Crippen MR) is 90.0 cm³/mol. The standard InChI is InChI=1S/2C8H16.HO3P/c2*1-3-5-7-8-6-4-2;1-4(2)3/h2*3H,1,4-8H2,2H3;(H-,1,2,3)/p+1. The maximum atomic E-state index is 8.70.